The monoisotopic (exact) mass is 417 g/mol. The Morgan fingerprint density at radius 1 is 1.27 bits per heavy atom. The van der Waals surface area contributed by atoms with Crippen LogP contribution in [0.4, 0.5) is 10.1 Å². The first-order chi connectivity index (χ1) is 14.3. The molecule has 3 N–H and O–H groups in total. The predicted molar refractivity (Wildman–Crippen MR) is 109 cm³/mol. The van der Waals surface area contributed by atoms with Gasteiger partial charge in [0.05, 0.1) is 17.3 Å². The lowest BCUT2D eigenvalue weighted by atomic mass is 9.93. The van der Waals surface area contributed by atoms with Gasteiger partial charge in [-0.3, -0.25) is 14.4 Å². The largest absolute Gasteiger partial charge is 0.480 e. The first kappa shape index (κ1) is 20.3. The summed E-state index contributed by atoms with van der Waals surface area (Å²) >= 11 is 0. The molecule has 30 heavy (non-hydrogen) atoms. The lowest BCUT2D eigenvalue weighted by Crippen LogP contribution is -2.38. The number of hydrogen-bond donors (Lipinski definition) is 3. The SMILES string of the molecule is CC1CCc2c(N3CCC(O)CC3)c(F)cc3c(=O)c(C(=O)NCC(=O)O)cn1c23. The minimum atomic E-state index is -1.22. The number of benzene rings is 1. The Morgan fingerprint density at radius 2 is 1.97 bits per heavy atom. The lowest BCUT2D eigenvalue weighted by Gasteiger charge is -2.36. The Balaban J connectivity index is 1.88. The average molecular weight is 417 g/mol. The number of halogens is 1. The van der Waals surface area contributed by atoms with E-state index < -0.39 is 29.7 Å². The average Bonchev–Trinajstić information content (AvgIpc) is 2.71. The van der Waals surface area contributed by atoms with Crippen LogP contribution in [0.1, 0.15) is 48.1 Å². The summed E-state index contributed by atoms with van der Waals surface area (Å²) in [7, 11) is 0. The second kappa shape index (κ2) is 7.71. The Hall–Kier alpha value is -2.94. The first-order valence-corrected chi connectivity index (χ1v) is 10.1. The number of aliphatic hydroxyl groups is 1. The van der Waals surface area contributed by atoms with Crippen molar-refractivity contribution in [3.05, 3.63) is 39.4 Å². The molecule has 2 aliphatic rings. The van der Waals surface area contributed by atoms with E-state index in [0.717, 1.165) is 5.56 Å². The number of piperidine rings is 1. The van der Waals surface area contributed by atoms with Gasteiger partial charge in [-0.1, -0.05) is 0 Å². The van der Waals surface area contributed by atoms with Gasteiger partial charge in [-0.15, -0.1) is 0 Å². The fourth-order valence-electron chi connectivity index (χ4n) is 4.48. The molecule has 9 heteroatoms. The highest BCUT2D eigenvalue weighted by Crippen LogP contribution is 2.38. The second-order valence-electron chi connectivity index (χ2n) is 8.04. The van der Waals surface area contributed by atoms with Crippen LogP contribution in [0, 0.1) is 5.82 Å². The number of rotatable bonds is 4. The van der Waals surface area contributed by atoms with Crippen molar-refractivity contribution in [2.45, 2.75) is 44.8 Å². The Kier molecular flexibility index (Phi) is 5.23. The van der Waals surface area contributed by atoms with E-state index in [-0.39, 0.29) is 23.1 Å². The van der Waals surface area contributed by atoms with Crippen molar-refractivity contribution in [3.63, 3.8) is 0 Å². The summed E-state index contributed by atoms with van der Waals surface area (Å²) < 4.78 is 17.1. The minimum absolute atomic E-state index is 0.00638. The van der Waals surface area contributed by atoms with Gasteiger partial charge in [0.2, 0.25) is 5.43 Å². The van der Waals surface area contributed by atoms with Crippen LogP contribution in [-0.2, 0) is 11.2 Å². The summed E-state index contributed by atoms with van der Waals surface area (Å²) in [4.78, 5) is 38.1. The van der Waals surface area contributed by atoms with E-state index in [4.69, 9.17) is 5.11 Å². The van der Waals surface area contributed by atoms with Crippen molar-refractivity contribution in [3.8, 4) is 0 Å². The highest BCUT2D eigenvalue weighted by Gasteiger charge is 2.30. The molecule has 0 aliphatic carbocycles. The van der Waals surface area contributed by atoms with E-state index in [1.165, 1.54) is 12.3 Å². The van der Waals surface area contributed by atoms with Gasteiger partial charge in [0, 0.05) is 36.3 Å². The number of aryl methyl sites for hydroxylation is 1. The maximum atomic E-state index is 15.2. The maximum absolute atomic E-state index is 15.2. The van der Waals surface area contributed by atoms with Crippen molar-refractivity contribution in [2.24, 2.45) is 0 Å². The molecule has 1 amide bonds. The summed E-state index contributed by atoms with van der Waals surface area (Å²) in [6.45, 7) is 2.43. The van der Waals surface area contributed by atoms with Crippen LogP contribution in [0.5, 0.6) is 0 Å². The number of anilines is 1. The highest BCUT2D eigenvalue weighted by molar-refractivity contribution is 6.00. The number of carboxylic acids is 1. The van der Waals surface area contributed by atoms with Crippen LogP contribution in [0.2, 0.25) is 0 Å². The summed E-state index contributed by atoms with van der Waals surface area (Å²) in [5.41, 5.74) is 1.03. The van der Waals surface area contributed by atoms with Gasteiger partial charge in [-0.2, -0.15) is 0 Å². The van der Waals surface area contributed by atoms with E-state index in [9.17, 15) is 19.5 Å². The van der Waals surface area contributed by atoms with Crippen molar-refractivity contribution in [2.75, 3.05) is 24.5 Å². The molecule has 8 nitrogen and oxygen atoms in total. The molecular weight excluding hydrogens is 393 g/mol. The molecule has 1 atom stereocenters. The number of aromatic nitrogens is 1. The highest BCUT2D eigenvalue weighted by atomic mass is 19.1. The molecule has 1 aromatic carbocycles. The second-order valence-corrected chi connectivity index (χ2v) is 8.04. The Bertz CT molecular complexity index is 1090. The number of nitrogens with one attached hydrogen (secondary N) is 1. The van der Waals surface area contributed by atoms with E-state index in [2.05, 4.69) is 5.32 Å². The van der Waals surface area contributed by atoms with E-state index >= 15 is 4.39 Å². The smallest absolute Gasteiger partial charge is 0.322 e. The Labute approximate surface area is 171 Å². The van der Waals surface area contributed by atoms with Gasteiger partial charge in [0.1, 0.15) is 17.9 Å². The molecule has 160 valence electrons. The van der Waals surface area contributed by atoms with Crippen LogP contribution in [-0.4, -0.2) is 52.4 Å². The van der Waals surface area contributed by atoms with Gasteiger partial charge >= 0.3 is 5.97 Å². The van der Waals surface area contributed by atoms with E-state index in [1.807, 2.05) is 16.4 Å². The fourth-order valence-corrected chi connectivity index (χ4v) is 4.48. The minimum Gasteiger partial charge on any atom is -0.480 e. The topological polar surface area (TPSA) is 112 Å². The van der Waals surface area contributed by atoms with Crippen molar-refractivity contribution < 1.29 is 24.2 Å². The number of carbonyl (C=O) groups excluding carboxylic acids is 1. The summed E-state index contributed by atoms with van der Waals surface area (Å²) in [6, 6.07) is 1.18. The molecule has 0 saturated carbocycles. The molecule has 4 rings (SSSR count). The number of aliphatic carboxylic acids is 1. The van der Waals surface area contributed by atoms with Gasteiger partial charge in [0.25, 0.3) is 5.91 Å². The number of nitrogens with zero attached hydrogens (tertiary/aromatic N) is 2. The number of aliphatic hydroxyl groups excluding tert-OH is 1. The van der Waals surface area contributed by atoms with Crippen molar-refractivity contribution >= 4 is 28.5 Å². The summed E-state index contributed by atoms with van der Waals surface area (Å²) in [6.07, 6.45) is 3.51. The van der Waals surface area contributed by atoms with E-state index in [0.29, 0.717) is 50.0 Å². The molecule has 3 heterocycles. The van der Waals surface area contributed by atoms with Gasteiger partial charge < -0.3 is 25.0 Å². The van der Waals surface area contributed by atoms with Crippen LogP contribution < -0.4 is 15.6 Å². The standard InChI is InChI=1S/C21H24FN3O5/c1-11-2-3-13-18-14(8-16(22)19(13)24-6-4-12(26)5-7-24)20(29)15(10-25(11)18)21(30)23-9-17(27)28/h8,10-12,26H,2-7,9H2,1H3,(H,23,30)(H,27,28). The number of carbonyl (C=O) groups is 2. The maximum Gasteiger partial charge on any atom is 0.322 e. The van der Waals surface area contributed by atoms with Crippen molar-refractivity contribution in [1.29, 1.82) is 0 Å². The molecule has 0 radical (unpaired) electrons. The fraction of sp³-hybridized carbons (Fsp3) is 0.476. The van der Waals surface area contributed by atoms with Crippen LogP contribution in [0.15, 0.2) is 17.1 Å². The number of hydrogen-bond acceptors (Lipinski definition) is 5. The van der Waals surface area contributed by atoms with Crippen LogP contribution in [0.3, 0.4) is 0 Å². The predicted octanol–water partition coefficient (Wildman–Crippen LogP) is 1.42. The molecule has 1 saturated heterocycles. The number of carboxylic acid groups (broad SMARTS) is 1. The third kappa shape index (κ3) is 3.43. The molecule has 1 aromatic heterocycles. The zero-order valence-electron chi connectivity index (χ0n) is 16.7. The summed E-state index contributed by atoms with van der Waals surface area (Å²) in [5.74, 6) is -2.53. The molecule has 2 aromatic rings. The normalized spacial score (nSPS) is 19.2. The number of pyridine rings is 1. The van der Waals surface area contributed by atoms with E-state index in [1.54, 1.807) is 0 Å². The first-order valence-electron chi connectivity index (χ1n) is 10.1. The Morgan fingerprint density at radius 3 is 2.63 bits per heavy atom. The van der Waals surface area contributed by atoms with Crippen molar-refractivity contribution in [1.82, 2.24) is 9.88 Å². The molecule has 1 unspecified atom stereocenters. The molecule has 0 bridgehead atoms. The summed E-state index contributed by atoms with van der Waals surface area (Å²) in [5, 5.41) is 20.9. The third-order valence-electron chi connectivity index (χ3n) is 6.05. The van der Waals surface area contributed by atoms with Gasteiger partial charge in [-0.05, 0) is 38.7 Å². The molecule has 1 fully saturated rings. The molecule has 0 spiro atoms. The zero-order valence-corrected chi connectivity index (χ0v) is 16.7. The quantitative estimate of drug-likeness (QED) is 0.694. The van der Waals surface area contributed by atoms with Crippen LogP contribution >= 0.6 is 0 Å². The van der Waals surface area contributed by atoms with Crippen LogP contribution in [0.25, 0.3) is 10.9 Å². The lowest BCUT2D eigenvalue weighted by molar-refractivity contribution is -0.135. The number of amides is 1. The van der Waals surface area contributed by atoms with Gasteiger partial charge in [0.15, 0.2) is 0 Å². The van der Waals surface area contributed by atoms with Gasteiger partial charge in [-0.25, -0.2) is 4.39 Å². The molecular formula is C21H24FN3O5. The molecule has 2 aliphatic heterocycles. The third-order valence-corrected chi connectivity index (χ3v) is 6.05. The zero-order chi connectivity index (χ0) is 21.6.